The van der Waals surface area contributed by atoms with E-state index < -0.39 is 6.04 Å². The first-order chi connectivity index (χ1) is 19.1. The van der Waals surface area contributed by atoms with Crippen LogP contribution >= 0.6 is 0 Å². The molecule has 39 heavy (non-hydrogen) atoms. The van der Waals surface area contributed by atoms with Crippen LogP contribution in [0.15, 0.2) is 114 Å². The van der Waals surface area contributed by atoms with E-state index in [0.29, 0.717) is 53.1 Å². The molecule has 1 aromatic heterocycles. The zero-order valence-corrected chi connectivity index (χ0v) is 22.2. The number of ether oxygens (including phenoxy) is 1. The van der Waals surface area contributed by atoms with Crippen LogP contribution in [0.3, 0.4) is 0 Å². The van der Waals surface area contributed by atoms with Gasteiger partial charge in [0.05, 0.1) is 29.7 Å². The summed E-state index contributed by atoms with van der Waals surface area (Å²) in [5.74, 6) is 0.952. The molecule has 1 unspecified atom stereocenters. The Labute approximate surface area is 228 Å². The van der Waals surface area contributed by atoms with Gasteiger partial charge in [-0.15, -0.1) is 0 Å². The molecule has 1 atom stereocenters. The molecule has 196 valence electrons. The minimum atomic E-state index is -0.469. The monoisotopic (exact) mass is 517 g/mol. The van der Waals surface area contributed by atoms with Crippen LogP contribution in [0, 0.1) is 0 Å². The summed E-state index contributed by atoms with van der Waals surface area (Å²) in [7, 11) is 1.58. The van der Waals surface area contributed by atoms with Crippen LogP contribution in [0.25, 0.3) is 16.6 Å². The van der Waals surface area contributed by atoms with E-state index in [1.807, 2.05) is 103 Å². The van der Waals surface area contributed by atoms with E-state index >= 15 is 0 Å². The molecule has 6 heteroatoms. The van der Waals surface area contributed by atoms with Gasteiger partial charge in [-0.05, 0) is 54.8 Å². The van der Waals surface area contributed by atoms with Crippen molar-refractivity contribution in [2.45, 2.75) is 25.8 Å². The summed E-state index contributed by atoms with van der Waals surface area (Å²) in [5, 5.41) is 0.507. The predicted molar refractivity (Wildman–Crippen MR) is 155 cm³/mol. The third-order valence-electron chi connectivity index (χ3n) is 6.95. The standard InChI is InChI=1S/C33H31N3O3/c1-3-28(35(23-22-24-14-6-4-7-15-24)32(37)25-16-8-5-9-17-25)31-34-27-19-11-10-18-26(27)33(38)36(31)29-20-12-13-21-30(29)39-2/h4-21,28H,3,22-23H2,1-2H3. The highest BCUT2D eigenvalue weighted by Crippen LogP contribution is 2.30. The first-order valence-corrected chi connectivity index (χ1v) is 13.2. The topological polar surface area (TPSA) is 64.4 Å². The highest BCUT2D eigenvalue weighted by atomic mass is 16.5. The quantitative estimate of drug-likeness (QED) is 0.233. The lowest BCUT2D eigenvalue weighted by atomic mass is 10.1. The first kappa shape index (κ1) is 25.9. The minimum Gasteiger partial charge on any atom is -0.495 e. The van der Waals surface area contributed by atoms with E-state index in [9.17, 15) is 9.59 Å². The fraction of sp³-hybridized carbons (Fsp3) is 0.182. The summed E-state index contributed by atoms with van der Waals surface area (Å²) < 4.78 is 7.26. The third-order valence-corrected chi connectivity index (χ3v) is 6.95. The Morgan fingerprint density at radius 2 is 1.51 bits per heavy atom. The Bertz CT molecular complexity index is 1630. The first-order valence-electron chi connectivity index (χ1n) is 13.2. The third kappa shape index (κ3) is 5.32. The van der Waals surface area contributed by atoms with Crippen molar-refractivity contribution in [1.29, 1.82) is 0 Å². The van der Waals surface area contributed by atoms with Crippen molar-refractivity contribution >= 4 is 16.8 Å². The molecule has 4 aromatic carbocycles. The average molecular weight is 518 g/mol. The molecule has 0 fully saturated rings. The Morgan fingerprint density at radius 3 is 2.23 bits per heavy atom. The maximum Gasteiger partial charge on any atom is 0.266 e. The van der Waals surface area contributed by atoms with Gasteiger partial charge < -0.3 is 9.64 Å². The van der Waals surface area contributed by atoms with E-state index in [1.54, 1.807) is 17.7 Å². The zero-order valence-electron chi connectivity index (χ0n) is 22.2. The second-order valence-corrected chi connectivity index (χ2v) is 9.32. The second kappa shape index (κ2) is 11.8. The summed E-state index contributed by atoms with van der Waals surface area (Å²) >= 11 is 0. The van der Waals surface area contributed by atoms with E-state index in [-0.39, 0.29) is 11.5 Å². The summed E-state index contributed by atoms with van der Waals surface area (Å²) in [6, 6.07) is 33.6. The van der Waals surface area contributed by atoms with Crippen LogP contribution in [0.5, 0.6) is 5.75 Å². The van der Waals surface area contributed by atoms with Gasteiger partial charge in [0.1, 0.15) is 11.6 Å². The number of benzene rings is 4. The van der Waals surface area contributed by atoms with Crippen molar-refractivity contribution in [1.82, 2.24) is 14.5 Å². The highest BCUT2D eigenvalue weighted by molar-refractivity contribution is 5.94. The number of rotatable bonds is 9. The average Bonchev–Trinajstić information content (AvgIpc) is 3.00. The molecule has 5 rings (SSSR count). The molecule has 6 nitrogen and oxygen atoms in total. The van der Waals surface area contributed by atoms with Gasteiger partial charge in [-0.3, -0.25) is 14.2 Å². The molecular weight excluding hydrogens is 486 g/mol. The van der Waals surface area contributed by atoms with Gasteiger partial charge in [0.25, 0.3) is 11.5 Å². The number of aromatic nitrogens is 2. The maximum atomic E-state index is 14.0. The molecule has 0 aliphatic rings. The fourth-order valence-electron chi connectivity index (χ4n) is 5.00. The molecule has 5 aromatic rings. The van der Waals surface area contributed by atoms with E-state index in [2.05, 4.69) is 12.1 Å². The highest BCUT2D eigenvalue weighted by Gasteiger charge is 2.30. The van der Waals surface area contributed by atoms with Crippen molar-refractivity contribution in [2.75, 3.05) is 13.7 Å². The lowest BCUT2D eigenvalue weighted by molar-refractivity contribution is 0.0661. The van der Waals surface area contributed by atoms with Crippen LogP contribution < -0.4 is 10.3 Å². The van der Waals surface area contributed by atoms with Crippen LogP contribution in [0.4, 0.5) is 0 Å². The van der Waals surface area contributed by atoms with Crippen molar-refractivity contribution in [2.24, 2.45) is 0 Å². The van der Waals surface area contributed by atoms with Crippen molar-refractivity contribution in [3.8, 4) is 11.4 Å². The molecule has 0 bridgehead atoms. The number of hydrogen-bond donors (Lipinski definition) is 0. The summed E-state index contributed by atoms with van der Waals surface area (Å²) in [5.41, 5.74) is 2.71. The second-order valence-electron chi connectivity index (χ2n) is 9.32. The van der Waals surface area contributed by atoms with Crippen LogP contribution in [0.2, 0.25) is 0 Å². The molecule has 0 saturated carbocycles. The summed E-state index contributed by atoms with van der Waals surface area (Å²) in [4.78, 5) is 35.0. The number of fused-ring (bicyclic) bond motifs is 1. The molecule has 0 aliphatic carbocycles. The largest absolute Gasteiger partial charge is 0.495 e. The summed E-state index contributed by atoms with van der Waals surface area (Å²) in [6.45, 7) is 2.48. The van der Waals surface area contributed by atoms with Gasteiger partial charge >= 0.3 is 0 Å². The van der Waals surface area contributed by atoms with E-state index in [4.69, 9.17) is 9.72 Å². The molecule has 1 heterocycles. The number of carbonyl (C=O) groups is 1. The predicted octanol–water partition coefficient (Wildman–Crippen LogP) is 6.23. The number of para-hydroxylation sites is 3. The smallest absolute Gasteiger partial charge is 0.266 e. The number of hydrogen-bond acceptors (Lipinski definition) is 4. The number of nitrogens with zero attached hydrogens (tertiary/aromatic N) is 3. The number of methoxy groups -OCH3 is 1. The van der Waals surface area contributed by atoms with Gasteiger partial charge in [-0.25, -0.2) is 4.98 Å². The zero-order chi connectivity index (χ0) is 27.2. The van der Waals surface area contributed by atoms with Crippen LogP contribution in [0.1, 0.15) is 41.1 Å². The Kier molecular flexibility index (Phi) is 7.83. The fourth-order valence-corrected chi connectivity index (χ4v) is 5.00. The van der Waals surface area contributed by atoms with E-state index in [0.717, 1.165) is 5.56 Å². The lowest BCUT2D eigenvalue weighted by Gasteiger charge is -2.33. The van der Waals surface area contributed by atoms with Crippen LogP contribution in [-0.4, -0.2) is 34.0 Å². The van der Waals surface area contributed by atoms with Crippen molar-refractivity contribution in [3.63, 3.8) is 0 Å². The Morgan fingerprint density at radius 1 is 0.872 bits per heavy atom. The van der Waals surface area contributed by atoms with Gasteiger partial charge in [-0.2, -0.15) is 0 Å². The van der Waals surface area contributed by atoms with E-state index in [1.165, 1.54) is 0 Å². The SMILES string of the molecule is CCC(c1nc2ccccc2c(=O)n1-c1ccccc1OC)N(CCc1ccccc1)C(=O)c1ccccc1. The molecule has 0 aliphatic heterocycles. The lowest BCUT2D eigenvalue weighted by Crippen LogP contribution is -2.39. The van der Waals surface area contributed by atoms with Gasteiger partial charge in [0.15, 0.2) is 0 Å². The minimum absolute atomic E-state index is 0.104. The number of amides is 1. The van der Waals surface area contributed by atoms with Crippen LogP contribution in [-0.2, 0) is 6.42 Å². The van der Waals surface area contributed by atoms with Gasteiger partial charge in [0.2, 0.25) is 0 Å². The molecule has 0 spiro atoms. The molecular formula is C33H31N3O3. The normalized spacial score (nSPS) is 11.7. The van der Waals surface area contributed by atoms with Gasteiger partial charge in [-0.1, -0.05) is 79.7 Å². The van der Waals surface area contributed by atoms with Gasteiger partial charge in [0, 0.05) is 12.1 Å². The van der Waals surface area contributed by atoms with Crippen molar-refractivity contribution < 1.29 is 9.53 Å². The molecule has 0 N–H and O–H groups in total. The number of carbonyl (C=O) groups excluding carboxylic acids is 1. The molecule has 0 saturated heterocycles. The molecule has 1 amide bonds. The van der Waals surface area contributed by atoms with Crippen molar-refractivity contribution in [3.05, 3.63) is 136 Å². The molecule has 0 radical (unpaired) electrons. The maximum absolute atomic E-state index is 14.0. The Balaban J connectivity index is 1.71. The summed E-state index contributed by atoms with van der Waals surface area (Å²) in [6.07, 6.45) is 1.23. The Hall–Kier alpha value is -4.71.